The van der Waals surface area contributed by atoms with Crippen LogP contribution in [0.3, 0.4) is 0 Å². The second-order valence-corrected chi connectivity index (χ2v) is 9.74. The lowest BCUT2D eigenvalue weighted by molar-refractivity contribution is 0.0700. The number of carbonyl (C=O) groups is 2. The molecular formula is C23H21N3O3S2. The van der Waals surface area contributed by atoms with Gasteiger partial charge < -0.3 is 14.6 Å². The predicted molar refractivity (Wildman–Crippen MR) is 123 cm³/mol. The Hall–Kier alpha value is -2.97. The minimum atomic E-state index is -0.189. The highest BCUT2D eigenvalue weighted by Gasteiger charge is 2.27. The van der Waals surface area contributed by atoms with Crippen molar-refractivity contribution in [3.05, 3.63) is 64.9 Å². The zero-order valence-corrected chi connectivity index (χ0v) is 18.6. The van der Waals surface area contributed by atoms with Gasteiger partial charge in [0.1, 0.15) is 5.01 Å². The van der Waals surface area contributed by atoms with Gasteiger partial charge in [0, 0.05) is 24.7 Å². The Balaban J connectivity index is 1.21. The van der Waals surface area contributed by atoms with Gasteiger partial charge in [-0.05, 0) is 50.1 Å². The number of piperidine rings is 1. The molecule has 0 bridgehead atoms. The fourth-order valence-electron chi connectivity index (χ4n) is 3.78. The van der Waals surface area contributed by atoms with E-state index in [4.69, 9.17) is 4.42 Å². The predicted octanol–water partition coefficient (Wildman–Crippen LogP) is 4.96. The van der Waals surface area contributed by atoms with E-state index in [-0.39, 0.29) is 17.9 Å². The number of thiazole rings is 1. The number of hydrogen-bond acceptors (Lipinski definition) is 6. The number of aromatic nitrogens is 1. The number of nitrogens with zero attached hydrogens (tertiary/aromatic N) is 2. The van der Waals surface area contributed by atoms with E-state index in [1.54, 1.807) is 17.4 Å². The van der Waals surface area contributed by atoms with Crippen LogP contribution in [0.4, 0.5) is 0 Å². The van der Waals surface area contributed by atoms with Gasteiger partial charge in [-0.1, -0.05) is 12.1 Å². The minimum Gasteiger partial charge on any atom is -0.459 e. The van der Waals surface area contributed by atoms with Gasteiger partial charge in [-0.2, -0.15) is 0 Å². The Kier molecular flexibility index (Phi) is 5.33. The molecule has 0 saturated carbocycles. The smallest absolute Gasteiger partial charge is 0.287 e. The number of likely N-dealkylation sites (tertiary alicyclic amines) is 1. The van der Waals surface area contributed by atoms with E-state index in [1.165, 1.54) is 17.6 Å². The lowest BCUT2D eigenvalue weighted by Gasteiger charge is -2.32. The summed E-state index contributed by atoms with van der Waals surface area (Å²) in [4.78, 5) is 33.6. The lowest BCUT2D eigenvalue weighted by atomic mass is 10.0. The summed E-state index contributed by atoms with van der Waals surface area (Å²) in [7, 11) is 0. The molecule has 1 N–H and O–H groups in total. The molecule has 4 aromatic rings. The number of fused-ring (bicyclic) bond motifs is 1. The highest BCUT2D eigenvalue weighted by atomic mass is 32.1. The van der Waals surface area contributed by atoms with Gasteiger partial charge in [0.05, 0.1) is 26.2 Å². The average molecular weight is 452 g/mol. The molecule has 0 unspecified atom stereocenters. The maximum Gasteiger partial charge on any atom is 0.287 e. The molecular weight excluding hydrogens is 430 g/mol. The van der Waals surface area contributed by atoms with Crippen molar-refractivity contribution in [2.45, 2.75) is 25.8 Å². The first-order valence-electron chi connectivity index (χ1n) is 10.2. The third-order valence-electron chi connectivity index (χ3n) is 5.51. The van der Waals surface area contributed by atoms with E-state index in [0.29, 0.717) is 18.8 Å². The number of benzene rings is 1. The van der Waals surface area contributed by atoms with E-state index in [1.807, 2.05) is 42.2 Å². The second-order valence-electron chi connectivity index (χ2n) is 7.62. The van der Waals surface area contributed by atoms with Crippen molar-refractivity contribution in [1.29, 1.82) is 0 Å². The summed E-state index contributed by atoms with van der Waals surface area (Å²) in [6.07, 6.45) is 2.98. The van der Waals surface area contributed by atoms with E-state index in [0.717, 1.165) is 43.4 Å². The molecule has 5 rings (SSSR count). The largest absolute Gasteiger partial charge is 0.459 e. The van der Waals surface area contributed by atoms with E-state index < -0.39 is 0 Å². The SMILES string of the molecule is Cc1ccoc1C(=O)NC1CCN(C(=O)c2ccc(-c3nc4ccccc4s3)s2)CC1. The third kappa shape index (κ3) is 4.00. The maximum absolute atomic E-state index is 13.0. The Morgan fingerprint density at radius 1 is 1.10 bits per heavy atom. The van der Waals surface area contributed by atoms with Gasteiger partial charge in [-0.15, -0.1) is 22.7 Å². The zero-order chi connectivity index (χ0) is 21.4. The topological polar surface area (TPSA) is 75.4 Å². The van der Waals surface area contributed by atoms with Crippen molar-refractivity contribution in [2.75, 3.05) is 13.1 Å². The van der Waals surface area contributed by atoms with Crippen molar-refractivity contribution in [2.24, 2.45) is 0 Å². The molecule has 3 aromatic heterocycles. The summed E-state index contributed by atoms with van der Waals surface area (Å²) >= 11 is 3.13. The van der Waals surface area contributed by atoms with Gasteiger partial charge in [-0.25, -0.2) is 4.98 Å². The van der Waals surface area contributed by atoms with Crippen molar-refractivity contribution in [1.82, 2.24) is 15.2 Å². The van der Waals surface area contributed by atoms with E-state index in [2.05, 4.69) is 16.4 Å². The molecule has 31 heavy (non-hydrogen) atoms. The number of carbonyl (C=O) groups excluding carboxylic acids is 2. The third-order valence-corrected chi connectivity index (χ3v) is 7.79. The van der Waals surface area contributed by atoms with Gasteiger partial charge in [-0.3, -0.25) is 9.59 Å². The maximum atomic E-state index is 13.0. The molecule has 0 atom stereocenters. The number of rotatable bonds is 4. The van der Waals surface area contributed by atoms with Crippen LogP contribution in [0, 0.1) is 6.92 Å². The molecule has 8 heteroatoms. The Labute approximate surface area is 187 Å². The molecule has 1 aliphatic heterocycles. The Morgan fingerprint density at radius 2 is 1.90 bits per heavy atom. The quantitative estimate of drug-likeness (QED) is 0.476. The van der Waals surface area contributed by atoms with Gasteiger partial charge in [0.25, 0.3) is 11.8 Å². The monoisotopic (exact) mass is 451 g/mol. The van der Waals surface area contributed by atoms with Crippen LogP contribution >= 0.6 is 22.7 Å². The van der Waals surface area contributed by atoms with Crippen molar-refractivity contribution >= 4 is 44.7 Å². The Bertz CT molecular complexity index is 1210. The fourth-order valence-corrected chi connectivity index (χ4v) is 5.78. The highest BCUT2D eigenvalue weighted by Crippen LogP contribution is 2.35. The van der Waals surface area contributed by atoms with Crippen molar-refractivity contribution in [3.8, 4) is 9.88 Å². The number of hydrogen-bond donors (Lipinski definition) is 1. The van der Waals surface area contributed by atoms with Crippen LogP contribution in [-0.2, 0) is 0 Å². The van der Waals surface area contributed by atoms with Crippen LogP contribution in [0.25, 0.3) is 20.1 Å². The molecule has 0 aliphatic carbocycles. The number of para-hydroxylation sites is 1. The molecule has 0 spiro atoms. The summed E-state index contributed by atoms with van der Waals surface area (Å²) < 4.78 is 6.41. The van der Waals surface area contributed by atoms with E-state index in [9.17, 15) is 9.59 Å². The number of furan rings is 1. The first-order valence-corrected chi connectivity index (χ1v) is 11.8. The van der Waals surface area contributed by atoms with Gasteiger partial charge >= 0.3 is 0 Å². The minimum absolute atomic E-state index is 0.0442. The summed E-state index contributed by atoms with van der Waals surface area (Å²) in [5.41, 5.74) is 1.81. The summed E-state index contributed by atoms with van der Waals surface area (Å²) in [6, 6.07) is 13.8. The fraction of sp³-hybridized carbons (Fsp3) is 0.261. The lowest BCUT2D eigenvalue weighted by Crippen LogP contribution is -2.46. The van der Waals surface area contributed by atoms with Crippen LogP contribution in [0.15, 0.2) is 53.1 Å². The first-order chi connectivity index (χ1) is 15.1. The Morgan fingerprint density at radius 3 is 2.65 bits per heavy atom. The molecule has 158 valence electrons. The second kappa shape index (κ2) is 8.28. The van der Waals surface area contributed by atoms with Crippen LogP contribution in [0.2, 0.25) is 0 Å². The number of nitrogens with one attached hydrogen (secondary N) is 1. The van der Waals surface area contributed by atoms with Gasteiger partial charge in [0.2, 0.25) is 0 Å². The zero-order valence-electron chi connectivity index (χ0n) is 17.0. The van der Waals surface area contributed by atoms with Crippen LogP contribution in [0.1, 0.15) is 38.6 Å². The molecule has 2 amide bonds. The molecule has 1 fully saturated rings. The molecule has 4 heterocycles. The molecule has 1 saturated heterocycles. The summed E-state index contributed by atoms with van der Waals surface area (Å²) in [5.74, 6) is 0.217. The highest BCUT2D eigenvalue weighted by molar-refractivity contribution is 7.26. The van der Waals surface area contributed by atoms with Crippen LogP contribution in [-0.4, -0.2) is 40.8 Å². The van der Waals surface area contributed by atoms with Crippen molar-refractivity contribution in [3.63, 3.8) is 0 Å². The number of aryl methyl sites for hydroxylation is 1. The average Bonchev–Trinajstić information content (AvgIpc) is 3.52. The van der Waals surface area contributed by atoms with Crippen LogP contribution in [0.5, 0.6) is 0 Å². The molecule has 1 aromatic carbocycles. The standard InChI is InChI=1S/C23H21N3O3S2/c1-14-10-13-29-20(14)21(27)24-15-8-11-26(12-9-15)23(28)19-7-6-18(30-19)22-25-16-4-2-3-5-17(16)31-22/h2-7,10,13,15H,8-9,11-12H2,1H3,(H,24,27). The van der Waals surface area contributed by atoms with E-state index >= 15 is 0 Å². The van der Waals surface area contributed by atoms with Gasteiger partial charge in [0.15, 0.2) is 5.76 Å². The molecule has 6 nitrogen and oxygen atoms in total. The summed E-state index contributed by atoms with van der Waals surface area (Å²) in [5, 5.41) is 3.97. The number of amides is 2. The molecule has 1 aliphatic rings. The van der Waals surface area contributed by atoms with Crippen LogP contribution < -0.4 is 5.32 Å². The summed E-state index contributed by atoms with van der Waals surface area (Å²) in [6.45, 7) is 3.09. The first kappa shape index (κ1) is 20.0. The number of thiophene rings is 1. The normalized spacial score (nSPS) is 14.8. The molecule has 0 radical (unpaired) electrons. The van der Waals surface area contributed by atoms with Crippen molar-refractivity contribution < 1.29 is 14.0 Å².